The van der Waals surface area contributed by atoms with Gasteiger partial charge < -0.3 is 10.4 Å². The molecule has 0 aromatic heterocycles. The second-order valence-electron chi connectivity index (χ2n) is 4.12. The highest BCUT2D eigenvalue weighted by Gasteiger charge is 2.31. The normalized spacial score (nSPS) is 18.8. The van der Waals surface area contributed by atoms with E-state index in [-0.39, 0.29) is 18.5 Å². The monoisotopic (exact) mass is 312 g/mol. The fourth-order valence-electron chi connectivity index (χ4n) is 2.00. The molecular formula is C12H13BrN2O3. The Balaban J connectivity index is 2.14. The molecule has 1 heterocycles. The minimum absolute atomic E-state index is 0.0622. The van der Waals surface area contributed by atoms with E-state index in [0.29, 0.717) is 13.0 Å². The molecule has 1 aliphatic rings. The van der Waals surface area contributed by atoms with E-state index >= 15 is 0 Å². The number of aliphatic carboxylic acids is 1. The molecule has 96 valence electrons. The zero-order valence-electron chi connectivity index (χ0n) is 9.60. The highest BCUT2D eigenvalue weighted by molar-refractivity contribution is 9.10. The molecular weight excluding hydrogens is 300 g/mol. The van der Waals surface area contributed by atoms with Gasteiger partial charge in [0.05, 0.1) is 6.04 Å². The molecule has 1 fully saturated rings. The van der Waals surface area contributed by atoms with Crippen LogP contribution in [0.15, 0.2) is 28.7 Å². The number of carbonyl (C=O) groups is 2. The van der Waals surface area contributed by atoms with Crippen LogP contribution in [0.5, 0.6) is 0 Å². The third-order valence-corrected chi connectivity index (χ3v) is 3.40. The number of amides is 2. The van der Waals surface area contributed by atoms with Crippen LogP contribution in [0.3, 0.4) is 0 Å². The number of benzene rings is 1. The van der Waals surface area contributed by atoms with Gasteiger partial charge in [-0.3, -0.25) is 9.69 Å². The number of nitrogens with zero attached hydrogens (tertiary/aromatic N) is 1. The molecule has 1 saturated heterocycles. The number of nitrogens with one attached hydrogen (secondary N) is 1. The van der Waals surface area contributed by atoms with Crippen molar-refractivity contribution in [1.29, 1.82) is 0 Å². The maximum atomic E-state index is 11.8. The standard InChI is InChI=1S/C12H13BrN2O3/c13-8-1-3-9(4-2-8)15-10(5-6-11(16)17)7-14-12(15)18/h1-4,10H,5-7H2,(H,14,18)(H,16,17). The van der Waals surface area contributed by atoms with Gasteiger partial charge in [0, 0.05) is 23.1 Å². The van der Waals surface area contributed by atoms with E-state index < -0.39 is 5.97 Å². The number of urea groups is 1. The SMILES string of the molecule is O=C(O)CCC1CNC(=O)N1c1ccc(Br)cc1. The summed E-state index contributed by atoms with van der Waals surface area (Å²) in [7, 11) is 0. The first-order valence-corrected chi connectivity index (χ1v) is 6.41. The summed E-state index contributed by atoms with van der Waals surface area (Å²) in [5.41, 5.74) is 0.781. The van der Waals surface area contributed by atoms with E-state index in [4.69, 9.17) is 5.11 Å². The molecule has 1 aliphatic heterocycles. The first-order chi connectivity index (χ1) is 8.58. The highest BCUT2D eigenvalue weighted by atomic mass is 79.9. The zero-order chi connectivity index (χ0) is 13.1. The summed E-state index contributed by atoms with van der Waals surface area (Å²) in [6, 6.07) is 7.11. The van der Waals surface area contributed by atoms with Crippen LogP contribution in [0.4, 0.5) is 10.5 Å². The third-order valence-electron chi connectivity index (χ3n) is 2.87. The average Bonchev–Trinajstić information content (AvgIpc) is 2.69. The molecule has 1 aromatic carbocycles. The van der Waals surface area contributed by atoms with Crippen molar-refractivity contribution in [3.63, 3.8) is 0 Å². The molecule has 0 bridgehead atoms. The van der Waals surface area contributed by atoms with Gasteiger partial charge in [0.15, 0.2) is 0 Å². The number of carboxylic acids is 1. The van der Waals surface area contributed by atoms with Gasteiger partial charge in [-0.1, -0.05) is 15.9 Å². The summed E-state index contributed by atoms with van der Waals surface area (Å²) in [6.45, 7) is 0.488. The first-order valence-electron chi connectivity index (χ1n) is 5.62. The van der Waals surface area contributed by atoms with Gasteiger partial charge in [-0.25, -0.2) is 4.79 Å². The first kappa shape index (κ1) is 12.9. The van der Waals surface area contributed by atoms with Crippen LogP contribution < -0.4 is 10.2 Å². The summed E-state index contributed by atoms with van der Waals surface area (Å²) >= 11 is 3.34. The molecule has 0 spiro atoms. The van der Waals surface area contributed by atoms with Crippen molar-refractivity contribution in [2.24, 2.45) is 0 Å². The second kappa shape index (κ2) is 5.39. The maximum absolute atomic E-state index is 11.8. The number of carbonyl (C=O) groups excluding carboxylic acids is 1. The van der Waals surface area contributed by atoms with Crippen LogP contribution in [-0.4, -0.2) is 29.7 Å². The van der Waals surface area contributed by atoms with Crippen LogP contribution >= 0.6 is 15.9 Å². The quantitative estimate of drug-likeness (QED) is 0.895. The van der Waals surface area contributed by atoms with E-state index in [2.05, 4.69) is 21.2 Å². The molecule has 2 amide bonds. The van der Waals surface area contributed by atoms with Crippen molar-refractivity contribution in [2.75, 3.05) is 11.4 Å². The lowest BCUT2D eigenvalue weighted by molar-refractivity contribution is -0.137. The van der Waals surface area contributed by atoms with Crippen molar-refractivity contribution in [3.05, 3.63) is 28.7 Å². The van der Waals surface area contributed by atoms with Crippen molar-refractivity contribution in [3.8, 4) is 0 Å². The second-order valence-corrected chi connectivity index (χ2v) is 5.03. The van der Waals surface area contributed by atoms with E-state index in [0.717, 1.165) is 10.2 Å². The van der Waals surface area contributed by atoms with Gasteiger partial charge in [0.1, 0.15) is 0 Å². The summed E-state index contributed by atoms with van der Waals surface area (Å²) in [5.74, 6) is -0.842. The van der Waals surface area contributed by atoms with E-state index in [1.165, 1.54) is 0 Å². The summed E-state index contributed by atoms with van der Waals surface area (Å²) < 4.78 is 0.938. The molecule has 0 saturated carbocycles. The smallest absolute Gasteiger partial charge is 0.322 e. The van der Waals surface area contributed by atoms with Crippen molar-refractivity contribution >= 4 is 33.6 Å². The van der Waals surface area contributed by atoms with Gasteiger partial charge >= 0.3 is 12.0 Å². The van der Waals surface area contributed by atoms with Gasteiger partial charge in [0.25, 0.3) is 0 Å². The van der Waals surface area contributed by atoms with Crippen LogP contribution in [0.2, 0.25) is 0 Å². The van der Waals surface area contributed by atoms with Crippen LogP contribution in [0.1, 0.15) is 12.8 Å². The lowest BCUT2D eigenvalue weighted by Crippen LogP contribution is -2.34. The Bertz CT molecular complexity index is 461. The van der Waals surface area contributed by atoms with E-state index in [9.17, 15) is 9.59 Å². The number of halogens is 1. The number of rotatable bonds is 4. The average molecular weight is 313 g/mol. The Morgan fingerprint density at radius 3 is 2.72 bits per heavy atom. The van der Waals surface area contributed by atoms with Crippen molar-refractivity contribution in [1.82, 2.24) is 5.32 Å². The molecule has 5 nitrogen and oxygen atoms in total. The molecule has 0 aliphatic carbocycles. The molecule has 2 N–H and O–H groups in total. The number of anilines is 1. The predicted octanol–water partition coefficient (Wildman–Crippen LogP) is 2.21. The summed E-state index contributed by atoms with van der Waals surface area (Å²) in [5, 5.41) is 11.4. The molecule has 1 atom stereocenters. The van der Waals surface area contributed by atoms with Gasteiger partial charge in [-0.2, -0.15) is 0 Å². The molecule has 18 heavy (non-hydrogen) atoms. The summed E-state index contributed by atoms with van der Waals surface area (Å²) in [4.78, 5) is 24.0. The Kier molecular flexibility index (Phi) is 3.86. The highest BCUT2D eigenvalue weighted by Crippen LogP contribution is 2.24. The number of hydrogen-bond donors (Lipinski definition) is 2. The van der Waals surface area contributed by atoms with Crippen molar-refractivity contribution < 1.29 is 14.7 Å². The molecule has 0 radical (unpaired) electrons. The van der Waals surface area contributed by atoms with Gasteiger partial charge in [-0.05, 0) is 30.7 Å². The lowest BCUT2D eigenvalue weighted by atomic mass is 10.1. The Morgan fingerprint density at radius 1 is 1.44 bits per heavy atom. The Labute approximate surface area is 113 Å². The van der Waals surface area contributed by atoms with Crippen LogP contribution in [0.25, 0.3) is 0 Å². The summed E-state index contributed by atoms with van der Waals surface area (Å²) in [6.07, 6.45) is 0.511. The minimum atomic E-state index is -0.842. The van der Waals surface area contributed by atoms with Gasteiger partial charge in [-0.15, -0.1) is 0 Å². The number of carboxylic acid groups (broad SMARTS) is 1. The lowest BCUT2D eigenvalue weighted by Gasteiger charge is -2.22. The Hall–Kier alpha value is -1.56. The topological polar surface area (TPSA) is 69.6 Å². The molecule has 2 rings (SSSR count). The fourth-order valence-corrected chi connectivity index (χ4v) is 2.26. The van der Waals surface area contributed by atoms with Crippen molar-refractivity contribution in [2.45, 2.75) is 18.9 Å². The Morgan fingerprint density at radius 2 is 2.11 bits per heavy atom. The van der Waals surface area contributed by atoms with E-state index in [1.54, 1.807) is 4.90 Å². The van der Waals surface area contributed by atoms with E-state index in [1.807, 2.05) is 24.3 Å². The maximum Gasteiger partial charge on any atom is 0.322 e. The predicted molar refractivity (Wildman–Crippen MR) is 70.7 cm³/mol. The van der Waals surface area contributed by atoms with Gasteiger partial charge in [0.2, 0.25) is 0 Å². The molecule has 6 heteroatoms. The fraction of sp³-hybridized carbons (Fsp3) is 0.333. The van der Waals surface area contributed by atoms with Crippen LogP contribution in [0, 0.1) is 0 Å². The zero-order valence-corrected chi connectivity index (χ0v) is 11.2. The van der Waals surface area contributed by atoms with Crippen LogP contribution in [-0.2, 0) is 4.79 Å². The minimum Gasteiger partial charge on any atom is -0.481 e. The number of hydrogen-bond acceptors (Lipinski definition) is 2. The third kappa shape index (κ3) is 2.81. The largest absolute Gasteiger partial charge is 0.481 e. The molecule has 1 unspecified atom stereocenters. The molecule has 1 aromatic rings.